The minimum Gasteiger partial charge on any atom is -0.314 e. The fourth-order valence-electron chi connectivity index (χ4n) is 1.83. The number of nitrogens with zero attached hydrogens (tertiary/aromatic N) is 2. The molecule has 2 heterocycles. The molecule has 0 atom stereocenters. The highest BCUT2D eigenvalue weighted by molar-refractivity contribution is 6.30. The van der Waals surface area contributed by atoms with Crippen LogP contribution in [0.4, 0.5) is 0 Å². The molecule has 15 heavy (non-hydrogen) atoms. The van der Waals surface area contributed by atoms with Crippen LogP contribution in [0.3, 0.4) is 0 Å². The van der Waals surface area contributed by atoms with Crippen molar-refractivity contribution in [3.8, 4) is 0 Å². The van der Waals surface area contributed by atoms with E-state index in [9.17, 15) is 0 Å². The van der Waals surface area contributed by atoms with Crippen molar-refractivity contribution in [2.45, 2.75) is 13.5 Å². The van der Waals surface area contributed by atoms with Crippen molar-refractivity contribution in [1.82, 2.24) is 15.2 Å². The van der Waals surface area contributed by atoms with Gasteiger partial charge in [-0.2, -0.15) is 0 Å². The summed E-state index contributed by atoms with van der Waals surface area (Å²) in [5, 5.41) is 3.95. The number of aromatic nitrogens is 1. The highest BCUT2D eigenvalue weighted by Crippen LogP contribution is 2.14. The maximum Gasteiger partial charge on any atom is 0.131 e. The van der Waals surface area contributed by atoms with Gasteiger partial charge in [-0.05, 0) is 18.1 Å². The van der Waals surface area contributed by atoms with E-state index < -0.39 is 0 Å². The van der Waals surface area contributed by atoms with Crippen molar-refractivity contribution in [2.75, 3.05) is 26.2 Å². The average Bonchev–Trinajstić information content (AvgIpc) is 2.25. The molecule has 1 saturated heterocycles. The molecule has 0 amide bonds. The molecule has 1 aliphatic heterocycles. The van der Waals surface area contributed by atoms with Crippen molar-refractivity contribution in [1.29, 1.82) is 0 Å². The minimum absolute atomic E-state index is 0.610. The Morgan fingerprint density at radius 3 is 2.87 bits per heavy atom. The summed E-state index contributed by atoms with van der Waals surface area (Å²) in [5.41, 5.74) is 2.31. The van der Waals surface area contributed by atoms with Gasteiger partial charge in [0.15, 0.2) is 0 Å². The highest BCUT2D eigenvalue weighted by atomic mass is 35.5. The highest BCUT2D eigenvalue weighted by Gasteiger charge is 2.10. The summed E-state index contributed by atoms with van der Waals surface area (Å²) in [7, 11) is 0. The fraction of sp³-hybridized carbons (Fsp3) is 0.545. The molecule has 1 aromatic heterocycles. The van der Waals surface area contributed by atoms with Crippen molar-refractivity contribution >= 4 is 11.6 Å². The van der Waals surface area contributed by atoms with Gasteiger partial charge in [0.05, 0.1) is 0 Å². The van der Waals surface area contributed by atoms with Crippen LogP contribution in [0.2, 0.25) is 5.15 Å². The number of hydrogen-bond acceptors (Lipinski definition) is 3. The third kappa shape index (κ3) is 2.91. The quantitative estimate of drug-likeness (QED) is 0.773. The van der Waals surface area contributed by atoms with Crippen LogP contribution in [0.15, 0.2) is 12.3 Å². The van der Waals surface area contributed by atoms with Crippen LogP contribution in [0, 0.1) is 6.92 Å². The van der Waals surface area contributed by atoms with Crippen molar-refractivity contribution in [2.24, 2.45) is 0 Å². The van der Waals surface area contributed by atoms with E-state index in [2.05, 4.69) is 21.3 Å². The molecule has 3 nitrogen and oxygen atoms in total. The van der Waals surface area contributed by atoms with Crippen molar-refractivity contribution in [3.63, 3.8) is 0 Å². The lowest BCUT2D eigenvalue weighted by Gasteiger charge is -2.27. The number of halogens is 1. The van der Waals surface area contributed by atoms with Gasteiger partial charge in [-0.1, -0.05) is 17.7 Å². The van der Waals surface area contributed by atoms with Gasteiger partial charge in [0.2, 0.25) is 0 Å². The molecule has 1 aliphatic rings. The molecule has 4 heteroatoms. The number of nitrogens with one attached hydrogen (secondary N) is 1. The summed E-state index contributed by atoms with van der Waals surface area (Å²) in [4.78, 5) is 6.60. The Balaban J connectivity index is 2.00. The van der Waals surface area contributed by atoms with Crippen LogP contribution >= 0.6 is 11.6 Å². The first-order valence-electron chi connectivity index (χ1n) is 5.30. The van der Waals surface area contributed by atoms with Gasteiger partial charge >= 0.3 is 0 Å². The molecule has 0 aliphatic carbocycles. The Hall–Kier alpha value is -0.640. The van der Waals surface area contributed by atoms with Gasteiger partial charge in [0.25, 0.3) is 0 Å². The van der Waals surface area contributed by atoms with Crippen LogP contribution in [0.1, 0.15) is 11.1 Å². The lowest BCUT2D eigenvalue weighted by atomic mass is 10.2. The van der Waals surface area contributed by atoms with E-state index in [1.165, 1.54) is 5.56 Å². The zero-order valence-electron chi connectivity index (χ0n) is 8.96. The monoisotopic (exact) mass is 225 g/mol. The van der Waals surface area contributed by atoms with E-state index >= 15 is 0 Å². The molecule has 0 unspecified atom stereocenters. The number of rotatable bonds is 2. The third-order valence-corrected chi connectivity index (χ3v) is 3.08. The second-order valence-electron chi connectivity index (χ2n) is 3.98. The molecule has 1 fully saturated rings. The second-order valence-corrected chi connectivity index (χ2v) is 4.34. The molecule has 1 N–H and O–H groups in total. The largest absolute Gasteiger partial charge is 0.314 e. The summed E-state index contributed by atoms with van der Waals surface area (Å²) in [6.07, 6.45) is 1.87. The Labute approximate surface area is 95.4 Å². The third-order valence-electron chi connectivity index (χ3n) is 2.69. The predicted octanol–water partition coefficient (Wildman–Crippen LogP) is 1.45. The first kappa shape index (κ1) is 10.9. The summed E-state index contributed by atoms with van der Waals surface area (Å²) >= 11 is 5.89. The van der Waals surface area contributed by atoms with Crippen LogP contribution in [0.5, 0.6) is 0 Å². The summed E-state index contributed by atoms with van der Waals surface area (Å²) < 4.78 is 0. The van der Waals surface area contributed by atoms with Crippen LogP contribution in [-0.4, -0.2) is 36.1 Å². The Bertz CT molecular complexity index is 335. The van der Waals surface area contributed by atoms with Gasteiger partial charge in [-0.3, -0.25) is 4.90 Å². The lowest BCUT2D eigenvalue weighted by molar-refractivity contribution is 0.233. The molecule has 0 radical (unpaired) electrons. The standard InChI is InChI=1S/C11H16ClN3/c1-9-6-10(7-14-11(9)12)8-15-4-2-13-3-5-15/h6-7,13H,2-5,8H2,1H3. The van der Waals surface area contributed by atoms with E-state index in [4.69, 9.17) is 11.6 Å². The van der Waals surface area contributed by atoms with Crippen molar-refractivity contribution < 1.29 is 0 Å². The van der Waals surface area contributed by atoms with E-state index in [1.807, 2.05) is 13.1 Å². The number of aryl methyl sites for hydroxylation is 1. The normalized spacial score (nSPS) is 18.0. The Kier molecular flexibility index (Phi) is 3.57. The molecule has 0 saturated carbocycles. The maximum absolute atomic E-state index is 5.89. The van der Waals surface area contributed by atoms with Crippen molar-refractivity contribution in [3.05, 3.63) is 28.5 Å². The van der Waals surface area contributed by atoms with Crippen LogP contribution in [0.25, 0.3) is 0 Å². The second kappa shape index (κ2) is 4.92. The predicted molar refractivity (Wildman–Crippen MR) is 62.1 cm³/mol. The molecule has 0 aromatic carbocycles. The molecule has 0 bridgehead atoms. The van der Waals surface area contributed by atoms with E-state index in [0.29, 0.717) is 5.15 Å². The fourth-order valence-corrected chi connectivity index (χ4v) is 1.93. The zero-order valence-corrected chi connectivity index (χ0v) is 9.72. The van der Waals surface area contributed by atoms with Gasteiger partial charge in [0, 0.05) is 38.9 Å². The van der Waals surface area contributed by atoms with Gasteiger partial charge in [0.1, 0.15) is 5.15 Å². The minimum atomic E-state index is 0.610. The molecule has 0 spiro atoms. The summed E-state index contributed by atoms with van der Waals surface area (Å²) in [6, 6.07) is 2.12. The zero-order chi connectivity index (χ0) is 10.7. The smallest absolute Gasteiger partial charge is 0.131 e. The molecular weight excluding hydrogens is 210 g/mol. The van der Waals surface area contributed by atoms with E-state index in [1.54, 1.807) is 0 Å². The van der Waals surface area contributed by atoms with Gasteiger partial charge < -0.3 is 5.32 Å². The Morgan fingerprint density at radius 2 is 2.20 bits per heavy atom. The molecular formula is C11H16ClN3. The first-order chi connectivity index (χ1) is 7.25. The van der Waals surface area contributed by atoms with Gasteiger partial charge in [-0.25, -0.2) is 4.98 Å². The number of hydrogen-bond donors (Lipinski definition) is 1. The Morgan fingerprint density at radius 1 is 1.47 bits per heavy atom. The lowest BCUT2D eigenvalue weighted by Crippen LogP contribution is -2.42. The van der Waals surface area contributed by atoms with Gasteiger partial charge in [-0.15, -0.1) is 0 Å². The number of pyridine rings is 1. The van der Waals surface area contributed by atoms with Crippen LogP contribution in [-0.2, 0) is 6.54 Å². The van der Waals surface area contributed by atoms with Crippen LogP contribution < -0.4 is 5.32 Å². The average molecular weight is 226 g/mol. The first-order valence-corrected chi connectivity index (χ1v) is 5.67. The molecule has 82 valence electrons. The van der Waals surface area contributed by atoms with E-state index in [-0.39, 0.29) is 0 Å². The maximum atomic E-state index is 5.89. The summed E-state index contributed by atoms with van der Waals surface area (Å²) in [5.74, 6) is 0. The summed E-state index contributed by atoms with van der Waals surface area (Å²) in [6.45, 7) is 7.37. The molecule has 2 rings (SSSR count). The number of piperazine rings is 1. The molecule has 1 aromatic rings. The van der Waals surface area contributed by atoms with E-state index in [0.717, 1.165) is 38.3 Å². The SMILES string of the molecule is Cc1cc(CN2CCNCC2)cnc1Cl. The topological polar surface area (TPSA) is 28.2 Å².